The van der Waals surface area contributed by atoms with Crippen molar-refractivity contribution in [2.75, 3.05) is 19.6 Å². The lowest BCUT2D eigenvalue weighted by molar-refractivity contribution is -0.145. The zero-order chi connectivity index (χ0) is 29.2. The number of nitrogens with zero attached hydrogens (tertiary/aromatic N) is 1. The molecule has 7 N–H and O–H groups in total. The van der Waals surface area contributed by atoms with Gasteiger partial charge in [-0.05, 0) is 43.5 Å². The second-order valence-electron chi connectivity index (χ2n) is 9.73. The van der Waals surface area contributed by atoms with E-state index in [1.165, 1.54) is 24.0 Å². The summed E-state index contributed by atoms with van der Waals surface area (Å²) in [5.41, 5.74) is 7.52. The van der Waals surface area contributed by atoms with Gasteiger partial charge in [-0.1, -0.05) is 42.5 Å². The van der Waals surface area contributed by atoms with Gasteiger partial charge in [0.1, 0.15) is 23.9 Å². The highest BCUT2D eigenvalue weighted by atomic mass is 16.3. The zero-order valence-electron chi connectivity index (χ0n) is 22.6. The Morgan fingerprint density at radius 3 is 2.33 bits per heavy atom. The van der Waals surface area contributed by atoms with Gasteiger partial charge in [-0.2, -0.15) is 0 Å². The number of aromatic hydroxyl groups is 1. The topological polar surface area (TPSA) is 183 Å². The van der Waals surface area contributed by atoms with Crippen molar-refractivity contribution in [2.45, 2.75) is 50.9 Å². The van der Waals surface area contributed by atoms with Crippen molar-refractivity contribution in [3.63, 3.8) is 0 Å². The Morgan fingerprint density at radius 1 is 1.00 bits per heavy atom. The van der Waals surface area contributed by atoms with Gasteiger partial charge in [-0.3, -0.25) is 24.0 Å². The van der Waals surface area contributed by atoms with E-state index in [1.807, 2.05) is 30.3 Å². The first-order valence-corrected chi connectivity index (χ1v) is 13.1. The second kappa shape index (κ2) is 14.1. The predicted octanol–water partition coefficient (Wildman–Crippen LogP) is -1.04. The average molecular weight is 553 g/mol. The highest BCUT2D eigenvalue weighted by molar-refractivity contribution is 5.95. The van der Waals surface area contributed by atoms with Crippen molar-refractivity contribution in [1.82, 2.24) is 26.2 Å². The third-order valence-corrected chi connectivity index (χ3v) is 6.60. The number of phenolic OH excluding ortho intramolecular Hbond substituents is 1. The molecule has 0 radical (unpaired) electrons. The summed E-state index contributed by atoms with van der Waals surface area (Å²) in [6.07, 6.45) is 0.409. The largest absolute Gasteiger partial charge is 0.508 e. The molecule has 0 bridgehead atoms. The van der Waals surface area contributed by atoms with Gasteiger partial charge < -0.3 is 37.0 Å². The van der Waals surface area contributed by atoms with Crippen molar-refractivity contribution in [3.05, 3.63) is 65.7 Å². The number of amides is 5. The van der Waals surface area contributed by atoms with E-state index in [4.69, 9.17) is 5.73 Å². The number of nitrogens with two attached hydrogens (primary N) is 1. The number of hydrogen-bond donors (Lipinski definition) is 6. The van der Waals surface area contributed by atoms with Gasteiger partial charge >= 0.3 is 0 Å². The summed E-state index contributed by atoms with van der Waals surface area (Å²) in [4.78, 5) is 64.6. The number of phenols is 1. The summed E-state index contributed by atoms with van der Waals surface area (Å²) in [5, 5.41) is 19.7. The van der Waals surface area contributed by atoms with Crippen LogP contribution in [0.4, 0.5) is 0 Å². The van der Waals surface area contributed by atoms with Gasteiger partial charge in [0.25, 0.3) is 0 Å². The monoisotopic (exact) mass is 552 g/mol. The van der Waals surface area contributed by atoms with Crippen LogP contribution in [0.25, 0.3) is 0 Å². The molecule has 5 amide bonds. The van der Waals surface area contributed by atoms with Crippen LogP contribution < -0.4 is 27.0 Å². The van der Waals surface area contributed by atoms with Crippen LogP contribution in [0.1, 0.15) is 25.0 Å². The second-order valence-corrected chi connectivity index (χ2v) is 9.73. The lowest BCUT2D eigenvalue weighted by Gasteiger charge is -2.35. The maximum Gasteiger partial charge on any atom is 0.246 e. The summed E-state index contributed by atoms with van der Waals surface area (Å²) in [5.74, 6) is -2.31. The Morgan fingerprint density at radius 2 is 1.65 bits per heavy atom. The smallest absolute Gasteiger partial charge is 0.246 e. The van der Waals surface area contributed by atoms with E-state index in [1.54, 1.807) is 19.1 Å². The molecule has 2 aromatic carbocycles. The van der Waals surface area contributed by atoms with E-state index in [9.17, 15) is 29.1 Å². The van der Waals surface area contributed by atoms with Crippen LogP contribution in [0.5, 0.6) is 5.75 Å². The van der Waals surface area contributed by atoms with Crippen LogP contribution in [0.15, 0.2) is 54.6 Å². The van der Waals surface area contributed by atoms with Crippen LogP contribution >= 0.6 is 0 Å². The molecule has 1 heterocycles. The molecular formula is C28H36N6O6. The van der Waals surface area contributed by atoms with E-state index in [0.717, 1.165) is 11.1 Å². The van der Waals surface area contributed by atoms with Crippen LogP contribution in [0.3, 0.4) is 0 Å². The molecule has 1 unspecified atom stereocenters. The first-order valence-electron chi connectivity index (χ1n) is 13.1. The van der Waals surface area contributed by atoms with Gasteiger partial charge in [0.2, 0.25) is 29.5 Å². The Bertz CT molecular complexity index is 1210. The summed E-state index contributed by atoms with van der Waals surface area (Å²) >= 11 is 0. The average Bonchev–Trinajstić information content (AvgIpc) is 2.94. The molecule has 214 valence electrons. The van der Waals surface area contributed by atoms with Crippen molar-refractivity contribution < 1.29 is 29.1 Å². The minimum atomic E-state index is -0.972. The quantitative estimate of drug-likeness (QED) is 0.206. The summed E-state index contributed by atoms with van der Waals surface area (Å²) in [7, 11) is 0. The highest BCUT2D eigenvalue weighted by Gasteiger charge is 2.34. The molecule has 0 aliphatic carbocycles. The molecule has 1 aliphatic heterocycles. The van der Waals surface area contributed by atoms with E-state index in [0.29, 0.717) is 13.1 Å². The van der Waals surface area contributed by atoms with Gasteiger partial charge in [0.05, 0.1) is 12.6 Å². The van der Waals surface area contributed by atoms with E-state index >= 15 is 0 Å². The maximum atomic E-state index is 13.3. The molecule has 12 heteroatoms. The molecule has 2 aromatic rings. The Labute approximate surface area is 232 Å². The molecule has 1 aliphatic rings. The first kappa shape index (κ1) is 30.1. The van der Waals surface area contributed by atoms with Crippen molar-refractivity contribution in [2.24, 2.45) is 5.73 Å². The first-order chi connectivity index (χ1) is 19.0. The SMILES string of the molecule is CC1C(=O)NCCN1C(=O)[C@H](Cc1ccccc1)NC(=O)CNC(=O)[C@@H](C)NC(=O)[C@@H](N)Cc1ccc(O)cc1. The van der Waals surface area contributed by atoms with Crippen LogP contribution in [-0.2, 0) is 36.8 Å². The fourth-order valence-electron chi connectivity index (χ4n) is 4.26. The number of carbonyl (C=O) groups is 5. The number of nitrogens with one attached hydrogen (secondary N) is 4. The Balaban J connectivity index is 1.54. The van der Waals surface area contributed by atoms with Crippen molar-refractivity contribution in [1.29, 1.82) is 0 Å². The minimum Gasteiger partial charge on any atom is -0.508 e. The Kier molecular flexibility index (Phi) is 10.6. The molecule has 0 aromatic heterocycles. The zero-order valence-corrected chi connectivity index (χ0v) is 22.6. The molecule has 0 spiro atoms. The normalized spacial score (nSPS) is 17.1. The van der Waals surface area contributed by atoms with Crippen LogP contribution in [0, 0.1) is 0 Å². The predicted molar refractivity (Wildman–Crippen MR) is 147 cm³/mol. The number of hydrogen-bond acceptors (Lipinski definition) is 7. The summed E-state index contributed by atoms with van der Waals surface area (Å²) in [6.45, 7) is 3.30. The minimum absolute atomic E-state index is 0.0975. The van der Waals surface area contributed by atoms with Gasteiger partial charge in [0, 0.05) is 19.5 Å². The molecule has 0 saturated carbocycles. The van der Waals surface area contributed by atoms with Crippen molar-refractivity contribution >= 4 is 29.5 Å². The third-order valence-electron chi connectivity index (χ3n) is 6.60. The van der Waals surface area contributed by atoms with Gasteiger partial charge in [-0.15, -0.1) is 0 Å². The fourth-order valence-corrected chi connectivity index (χ4v) is 4.26. The molecule has 1 fully saturated rings. The van der Waals surface area contributed by atoms with Crippen LogP contribution in [0.2, 0.25) is 0 Å². The number of piperazine rings is 1. The lowest BCUT2D eigenvalue weighted by Crippen LogP contribution is -2.61. The highest BCUT2D eigenvalue weighted by Crippen LogP contribution is 2.12. The van der Waals surface area contributed by atoms with Crippen LogP contribution in [-0.4, -0.2) is 83.3 Å². The van der Waals surface area contributed by atoms with Gasteiger partial charge in [-0.25, -0.2) is 0 Å². The molecule has 4 atom stereocenters. The molecular weight excluding hydrogens is 516 g/mol. The molecule has 40 heavy (non-hydrogen) atoms. The lowest BCUT2D eigenvalue weighted by atomic mass is 10.0. The van der Waals surface area contributed by atoms with E-state index < -0.39 is 54.3 Å². The fraction of sp³-hybridized carbons (Fsp3) is 0.393. The third kappa shape index (κ3) is 8.53. The van der Waals surface area contributed by atoms with Crippen molar-refractivity contribution in [3.8, 4) is 5.75 Å². The molecule has 1 saturated heterocycles. The van der Waals surface area contributed by atoms with E-state index in [2.05, 4.69) is 21.3 Å². The number of benzene rings is 2. The Hall–Kier alpha value is -4.45. The standard InChI is InChI=1S/C28H36N6O6/c1-17(32-27(39)22(29)14-20-8-10-21(35)11-9-20)25(37)31-16-24(36)33-23(15-19-6-4-3-5-7-19)28(40)34-13-12-30-26(38)18(34)2/h3-11,17-18,22-23,35H,12-16,29H2,1-2H3,(H,30,38)(H,31,37)(H,32,39)(H,33,36)/t17-,18?,22+,23+/m1/s1. The number of carbonyl (C=O) groups excluding carboxylic acids is 5. The number of rotatable bonds is 11. The maximum absolute atomic E-state index is 13.3. The molecule has 3 rings (SSSR count). The summed E-state index contributed by atoms with van der Waals surface area (Å²) in [6, 6.07) is 11.9. The molecule has 12 nitrogen and oxygen atoms in total. The van der Waals surface area contributed by atoms with E-state index in [-0.39, 0.29) is 24.5 Å². The van der Waals surface area contributed by atoms with Gasteiger partial charge in [0.15, 0.2) is 0 Å². The summed E-state index contributed by atoms with van der Waals surface area (Å²) < 4.78 is 0.